The van der Waals surface area contributed by atoms with Crippen molar-refractivity contribution in [2.24, 2.45) is 5.92 Å². The van der Waals surface area contributed by atoms with Crippen LogP contribution >= 0.6 is 23.2 Å². The van der Waals surface area contributed by atoms with Gasteiger partial charge in [0.05, 0.1) is 12.2 Å². The van der Waals surface area contributed by atoms with Gasteiger partial charge in [0.2, 0.25) is 0 Å². The third kappa shape index (κ3) is 6.33. The van der Waals surface area contributed by atoms with Gasteiger partial charge in [-0.1, -0.05) is 23.2 Å². The maximum atomic E-state index is 12.8. The topological polar surface area (TPSA) is 67.9 Å². The minimum Gasteiger partial charge on any atom is -0.486 e. The van der Waals surface area contributed by atoms with Crippen LogP contribution in [0.3, 0.4) is 0 Å². The van der Waals surface area contributed by atoms with Crippen LogP contribution in [0, 0.1) is 5.92 Å². The molecule has 1 N–H and O–H groups in total. The maximum absolute atomic E-state index is 12.8. The van der Waals surface area contributed by atoms with E-state index in [1.165, 1.54) is 0 Å². The predicted octanol–water partition coefficient (Wildman–Crippen LogP) is 4.90. The van der Waals surface area contributed by atoms with Crippen molar-refractivity contribution in [3.05, 3.63) is 52.5 Å². The number of nitrogens with zero attached hydrogens (tertiary/aromatic N) is 1. The summed E-state index contributed by atoms with van der Waals surface area (Å²) in [6, 6.07) is 12.5. The monoisotopic (exact) mass is 490 g/mol. The van der Waals surface area contributed by atoms with Crippen molar-refractivity contribution in [2.75, 3.05) is 25.1 Å². The number of halogens is 2. The van der Waals surface area contributed by atoms with E-state index < -0.39 is 6.10 Å². The van der Waals surface area contributed by atoms with E-state index in [0.717, 1.165) is 31.4 Å². The normalized spacial score (nSPS) is 22.2. The Morgan fingerprint density at radius 1 is 1.06 bits per heavy atom. The molecule has 2 aromatic rings. The Kier molecular flexibility index (Phi) is 7.66. The number of likely N-dealkylation sites (N-methyl/N-ethyl adjacent to an activating group) is 1. The molecule has 1 aliphatic heterocycles. The largest absolute Gasteiger partial charge is 0.486 e. The van der Waals surface area contributed by atoms with Gasteiger partial charge in [0, 0.05) is 29.6 Å². The van der Waals surface area contributed by atoms with Gasteiger partial charge in [0.25, 0.3) is 5.91 Å². The summed E-state index contributed by atoms with van der Waals surface area (Å²) in [7, 11) is 1.93. The molecule has 0 saturated heterocycles. The molecule has 1 amide bonds. The summed E-state index contributed by atoms with van der Waals surface area (Å²) >= 11 is 11.9. The molecule has 4 rings (SSSR count). The quantitative estimate of drug-likeness (QED) is 0.597. The highest BCUT2D eigenvalue weighted by atomic mass is 35.5. The average molecular weight is 491 g/mol. The van der Waals surface area contributed by atoms with E-state index in [1.807, 2.05) is 18.0 Å². The molecule has 2 aromatic carbocycles. The first-order valence-electron chi connectivity index (χ1n) is 11.2. The van der Waals surface area contributed by atoms with Gasteiger partial charge in [-0.25, -0.2) is 0 Å². The van der Waals surface area contributed by atoms with Crippen LogP contribution in [0.5, 0.6) is 11.5 Å². The molecule has 8 heteroatoms. The molecule has 0 radical (unpaired) electrons. The highest BCUT2D eigenvalue weighted by molar-refractivity contribution is 6.31. The Balaban J connectivity index is 1.19. The summed E-state index contributed by atoms with van der Waals surface area (Å²) < 4.78 is 11.5. The number of hydrogen-bond donors (Lipinski definition) is 1. The summed E-state index contributed by atoms with van der Waals surface area (Å²) in [6.07, 6.45) is 3.47. The highest BCUT2D eigenvalue weighted by Crippen LogP contribution is 2.35. The third-order valence-electron chi connectivity index (χ3n) is 6.26. The first kappa shape index (κ1) is 23.7. The van der Waals surface area contributed by atoms with Gasteiger partial charge in [-0.3, -0.25) is 9.59 Å². The number of amides is 1. The van der Waals surface area contributed by atoms with E-state index >= 15 is 0 Å². The Morgan fingerprint density at radius 2 is 1.76 bits per heavy atom. The lowest BCUT2D eigenvalue weighted by atomic mass is 9.83. The van der Waals surface area contributed by atoms with E-state index in [9.17, 15) is 9.59 Å². The standard InChI is InChI=1S/C25H28Cl2N2O4/c1-29-14-24(33-23-11-6-18(27)13-22(23)29)25(31)28-19-7-2-16(3-8-19)12-20(30)15-32-21-9-4-17(26)5-10-21/h4-6,9-11,13,16,19,24H,2-3,7-8,12,14-15H2,1H3,(H,28,31)/t16?,19?,24-/m1/s1. The number of nitrogens with one attached hydrogen (secondary N) is 1. The van der Waals surface area contributed by atoms with Crippen LogP contribution in [0.2, 0.25) is 10.0 Å². The lowest BCUT2D eigenvalue weighted by Gasteiger charge is -2.35. The molecule has 176 valence electrons. The van der Waals surface area contributed by atoms with Crippen LogP contribution in [0.15, 0.2) is 42.5 Å². The van der Waals surface area contributed by atoms with Crippen molar-refractivity contribution in [3.8, 4) is 11.5 Å². The molecular weight excluding hydrogens is 463 g/mol. The number of carbonyl (C=O) groups excluding carboxylic acids is 2. The van der Waals surface area contributed by atoms with Crippen LogP contribution in [0.4, 0.5) is 5.69 Å². The Bertz CT molecular complexity index is 990. The van der Waals surface area contributed by atoms with Gasteiger partial charge < -0.3 is 19.7 Å². The lowest BCUT2D eigenvalue weighted by Crippen LogP contribution is -2.51. The van der Waals surface area contributed by atoms with Crippen molar-refractivity contribution >= 4 is 40.6 Å². The van der Waals surface area contributed by atoms with Crippen molar-refractivity contribution in [3.63, 3.8) is 0 Å². The van der Waals surface area contributed by atoms with Crippen LogP contribution in [-0.2, 0) is 9.59 Å². The zero-order valence-electron chi connectivity index (χ0n) is 18.6. The Labute approximate surface area is 204 Å². The van der Waals surface area contributed by atoms with E-state index in [-0.39, 0.29) is 24.3 Å². The van der Waals surface area contributed by atoms with Crippen molar-refractivity contribution < 1.29 is 19.1 Å². The number of benzene rings is 2. The SMILES string of the molecule is CN1C[C@H](C(=O)NC2CCC(CC(=O)COc3ccc(Cl)cc3)CC2)Oc2ccc(Cl)cc21. The first-order valence-corrected chi connectivity index (χ1v) is 12.0. The fraction of sp³-hybridized carbons (Fsp3) is 0.440. The van der Waals surface area contributed by atoms with E-state index in [0.29, 0.717) is 40.4 Å². The first-order chi connectivity index (χ1) is 15.9. The predicted molar refractivity (Wildman–Crippen MR) is 130 cm³/mol. The molecule has 0 bridgehead atoms. The van der Waals surface area contributed by atoms with Crippen LogP contribution in [-0.4, -0.2) is 44.0 Å². The molecule has 2 aliphatic rings. The Morgan fingerprint density at radius 3 is 2.48 bits per heavy atom. The average Bonchev–Trinajstić information content (AvgIpc) is 2.80. The molecule has 0 spiro atoms. The fourth-order valence-corrected chi connectivity index (χ4v) is 4.74. The van der Waals surface area contributed by atoms with Crippen molar-refractivity contribution in [1.29, 1.82) is 0 Å². The Hall–Kier alpha value is -2.44. The van der Waals surface area contributed by atoms with E-state index in [4.69, 9.17) is 32.7 Å². The molecule has 1 atom stereocenters. The molecule has 6 nitrogen and oxygen atoms in total. The number of rotatable bonds is 7. The number of fused-ring (bicyclic) bond motifs is 1. The van der Waals surface area contributed by atoms with Crippen LogP contribution < -0.4 is 19.7 Å². The van der Waals surface area contributed by atoms with Gasteiger partial charge in [-0.05, 0) is 74.1 Å². The smallest absolute Gasteiger partial charge is 0.263 e. The van der Waals surface area contributed by atoms with E-state index in [2.05, 4.69) is 5.32 Å². The van der Waals surface area contributed by atoms with Gasteiger partial charge in [-0.2, -0.15) is 0 Å². The minimum atomic E-state index is -0.562. The fourth-order valence-electron chi connectivity index (χ4n) is 4.44. The second-order valence-electron chi connectivity index (χ2n) is 8.81. The molecule has 0 aromatic heterocycles. The second-order valence-corrected chi connectivity index (χ2v) is 9.68. The van der Waals surface area contributed by atoms with Gasteiger partial charge >= 0.3 is 0 Å². The summed E-state index contributed by atoms with van der Waals surface area (Å²) in [5.41, 5.74) is 0.886. The van der Waals surface area contributed by atoms with Crippen LogP contribution in [0.25, 0.3) is 0 Å². The van der Waals surface area contributed by atoms with Gasteiger partial charge in [0.1, 0.15) is 18.1 Å². The minimum absolute atomic E-state index is 0.0670. The number of carbonyl (C=O) groups is 2. The number of anilines is 1. The summed E-state index contributed by atoms with van der Waals surface area (Å²) in [4.78, 5) is 27.1. The lowest BCUT2D eigenvalue weighted by molar-refractivity contribution is -0.129. The molecule has 1 fully saturated rings. The molecule has 1 saturated carbocycles. The van der Waals surface area contributed by atoms with Gasteiger partial charge in [-0.15, -0.1) is 0 Å². The van der Waals surface area contributed by atoms with Crippen LogP contribution in [0.1, 0.15) is 32.1 Å². The zero-order valence-corrected chi connectivity index (χ0v) is 20.1. The summed E-state index contributed by atoms with van der Waals surface area (Å²) in [6.45, 7) is 0.536. The van der Waals surface area contributed by atoms with Gasteiger partial charge in [0.15, 0.2) is 11.9 Å². The zero-order chi connectivity index (χ0) is 23.4. The van der Waals surface area contributed by atoms with Crippen molar-refractivity contribution in [2.45, 2.75) is 44.2 Å². The van der Waals surface area contributed by atoms with E-state index in [1.54, 1.807) is 36.4 Å². The number of ketones is 1. The second kappa shape index (κ2) is 10.7. The maximum Gasteiger partial charge on any atom is 0.263 e. The molecule has 0 unspecified atom stereocenters. The third-order valence-corrected chi connectivity index (χ3v) is 6.74. The molecule has 1 aliphatic carbocycles. The summed E-state index contributed by atoms with van der Waals surface area (Å²) in [5.74, 6) is 1.62. The number of Topliss-reactive ketones (excluding diaryl/α,β-unsaturated/α-hetero) is 1. The molecule has 33 heavy (non-hydrogen) atoms. The van der Waals surface area contributed by atoms with Crippen molar-refractivity contribution in [1.82, 2.24) is 5.32 Å². The number of hydrogen-bond acceptors (Lipinski definition) is 5. The highest BCUT2D eigenvalue weighted by Gasteiger charge is 2.32. The number of ether oxygens (including phenoxy) is 2. The molecular formula is C25H28Cl2N2O4. The molecule has 1 heterocycles. The summed E-state index contributed by atoms with van der Waals surface area (Å²) in [5, 5.41) is 4.41.